The first-order valence-electron chi connectivity index (χ1n) is 7.23. The molecule has 19 heavy (non-hydrogen) atoms. The van der Waals surface area contributed by atoms with E-state index in [1.165, 1.54) is 11.4 Å². The van der Waals surface area contributed by atoms with Crippen LogP contribution >= 0.6 is 0 Å². The molecule has 1 aliphatic rings. The number of fused-ring (bicyclic) bond motifs is 1. The van der Waals surface area contributed by atoms with Crippen molar-refractivity contribution >= 4 is 5.91 Å². The molecule has 0 aromatic carbocycles. The van der Waals surface area contributed by atoms with Gasteiger partial charge in [-0.15, -0.1) is 0 Å². The maximum atomic E-state index is 12.5. The molecule has 1 N–H and O–H groups in total. The SMILES string of the molecule is CCNCC(C)C(=O)N1CCn2c(C)ccc2C1C. The number of nitrogens with zero attached hydrogens (tertiary/aromatic N) is 2. The molecule has 1 amide bonds. The van der Waals surface area contributed by atoms with Gasteiger partial charge in [-0.25, -0.2) is 0 Å². The summed E-state index contributed by atoms with van der Waals surface area (Å²) in [5.74, 6) is 0.309. The van der Waals surface area contributed by atoms with E-state index in [1.54, 1.807) is 0 Å². The van der Waals surface area contributed by atoms with Crippen molar-refractivity contribution in [2.24, 2.45) is 5.92 Å². The fourth-order valence-corrected chi connectivity index (χ4v) is 2.85. The largest absolute Gasteiger partial charge is 0.345 e. The van der Waals surface area contributed by atoms with E-state index in [9.17, 15) is 4.79 Å². The third-order valence-electron chi connectivity index (χ3n) is 4.10. The van der Waals surface area contributed by atoms with Gasteiger partial charge in [0, 0.05) is 36.9 Å². The molecule has 1 aromatic heterocycles. The lowest BCUT2D eigenvalue weighted by Gasteiger charge is -2.37. The zero-order chi connectivity index (χ0) is 14.0. The van der Waals surface area contributed by atoms with Gasteiger partial charge in [-0.2, -0.15) is 0 Å². The molecule has 2 atom stereocenters. The van der Waals surface area contributed by atoms with Crippen molar-refractivity contribution in [1.29, 1.82) is 0 Å². The van der Waals surface area contributed by atoms with Gasteiger partial charge in [-0.3, -0.25) is 4.79 Å². The quantitative estimate of drug-likeness (QED) is 0.901. The van der Waals surface area contributed by atoms with Crippen molar-refractivity contribution in [3.05, 3.63) is 23.5 Å². The first-order valence-corrected chi connectivity index (χ1v) is 7.23. The lowest BCUT2D eigenvalue weighted by molar-refractivity contribution is -0.138. The lowest BCUT2D eigenvalue weighted by Crippen LogP contribution is -2.45. The summed E-state index contributed by atoms with van der Waals surface area (Å²) in [6.45, 7) is 11.7. The molecule has 0 saturated carbocycles. The fourth-order valence-electron chi connectivity index (χ4n) is 2.85. The van der Waals surface area contributed by atoms with Crippen LogP contribution in [0.2, 0.25) is 0 Å². The van der Waals surface area contributed by atoms with E-state index in [4.69, 9.17) is 0 Å². The Bertz CT molecular complexity index is 452. The van der Waals surface area contributed by atoms with Crippen molar-refractivity contribution in [3.8, 4) is 0 Å². The molecule has 2 unspecified atom stereocenters. The highest BCUT2D eigenvalue weighted by atomic mass is 16.2. The Labute approximate surface area is 115 Å². The molecule has 2 rings (SSSR count). The van der Waals surface area contributed by atoms with Gasteiger partial charge in [-0.1, -0.05) is 13.8 Å². The zero-order valence-electron chi connectivity index (χ0n) is 12.4. The molecular weight excluding hydrogens is 238 g/mol. The van der Waals surface area contributed by atoms with E-state index in [2.05, 4.69) is 42.8 Å². The number of carbonyl (C=O) groups excluding carboxylic acids is 1. The monoisotopic (exact) mass is 263 g/mol. The Kier molecular flexibility index (Phi) is 4.30. The Morgan fingerprint density at radius 2 is 2.21 bits per heavy atom. The van der Waals surface area contributed by atoms with Crippen LogP contribution in [0.4, 0.5) is 0 Å². The second kappa shape index (κ2) is 5.78. The van der Waals surface area contributed by atoms with Gasteiger partial charge >= 0.3 is 0 Å². The highest BCUT2D eigenvalue weighted by molar-refractivity contribution is 5.79. The van der Waals surface area contributed by atoms with Gasteiger partial charge in [-0.05, 0) is 32.5 Å². The van der Waals surface area contributed by atoms with Crippen LogP contribution in [0.5, 0.6) is 0 Å². The second-order valence-corrected chi connectivity index (χ2v) is 5.47. The van der Waals surface area contributed by atoms with Crippen LogP contribution in [0.1, 0.15) is 38.2 Å². The van der Waals surface area contributed by atoms with Gasteiger partial charge in [0.05, 0.1) is 6.04 Å². The summed E-state index contributed by atoms with van der Waals surface area (Å²) in [6.07, 6.45) is 0. The standard InChI is InChI=1S/C15H25N3O/c1-5-16-10-11(2)15(19)18-9-8-17-12(3)6-7-14(17)13(18)4/h6-7,11,13,16H,5,8-10H2,1-4H3. The molecule has 1 aliphatic heterocycles. The summed E-state index contributed by atoms with van der Waals surface area (Å²) in [4.78, 5) is 14.5. The number of amides is 1. The summed E-state index contributed by atoms with van der Waals surface area (Å²) in [7, 11) is 0. The number of carbonyl (C=O) groups is 1. The van der Waals surface area contributed by atoms with Crippen molar-refractivity contribution in [3.63, 3.8) is 0 Å². The number of rotatable bonds is 4. The average Bonchev–Trinajstić information content (AvgIpc) is 2.78. The Hall–Kier alpha value is -1.29. The first-order chi connectivity index (χ1) is 9.06. The van der Waals surface area contributed by atoms with Crippen LogP contribution in [0.25, 0.3) is 0 Å². The smallest absolute Gasteiger partial charge is 0.227 e. The average molecular weight is 263 g/mol. The van der Waals surface area contributed by atoms with Crippen molar-refractivity contribution in [1.82, 2.24) is 14.8 Å². The zero-order valence-corrected chi connectivity index (χ0v) is 12.4. The van der Waals surface area contributed by atoms with Crippen LogP contribution < -0.4 is 5.32 Å². The van der Waals surface area contributed by atoms with Crippen LogP contribution in [0.3, 0.4) is 0 Å². The first kappa shape index (κ1) is 14.1. The maximum absolute atomic E-state index is 12.5. The van der Waals surface area contributed by atoms with Gasteiger partial charge in [0.25, 0.3) is 0 Å². The third kappa shape index (κ3) is 2.68. The van der Waals surface area contributed by atoms with Gasteiger partial charge in [0.15, 0.2) is 0 Å². The van der Waals surface area contributed by atoms with Crippen LogP contribution in [0, 0.1) is 12.8 Å². The van der Waals surface area contributed by atoms with E-state index >= 15 is 0 Å². The van der Waals surface area contributed by atoms with E-state index in [1.807, 2.05) is 11.8 Å². The van der Waals surface area contributed by atoms with Gasteiger partial charge < -0.3 is 14.8 Å². The third-order valence-corrected chi connectivity index (χ3v) is 4.10. The Balaban J connectivity index is 2.09. The van der Waals surface area contributed by atoms with Crippen molar-refractivity contribution < 1.29 is 4.79 Å². The van der Waals surface area contributed by atoms with Crippen LogP contribution in [-0.4, -0.2) is 35.0 Å². The highest BCUT2D eigenvalue weighted by Gasteiger charge is 2.30. The van der Waals surface area contributed by atoms with Crippen LogP contribution in [-0.2, 0) is 11.3 Å². The number of hydrogen-bond acceptors (Lipinski definition) is 2. The second-order valence-electron chi connectivity index (χ2n) is 5.47. The molecule has 0 spiro atoms. The van der Waals surface area contributed by atoms with E-state index in [-0.39, 0.29) is 17.9 Å². The summed E-state index contributed by atoms with van der Waals surface area (Å²) < 4.78 is 2.32. The minimum atomic E-state index is 0.0463. The molecule has 4 heteroatoms. The van der Waals surface area contributed by atoms with Gasteiger partial charge in [0.2, 0.25) is 5.91 Å². The molecule has 0 fully saturated rings. The predicted molar refractivity (Wildman–Crippen MR) is 77.0 cm³/mol. The van der Waals surface area contributed by atoms with E-state index in [0.29, 0.717) is 0 Å². The van der Waals surface area contributed by atoms with Crippen LogP contribution in [0.15, 0.2) is 12.1 Å². The molecule has 106 valence electrons. The van der Waals surface area contributed by atoms with Crippen molar-refractivity contribution in [2.45, 2.75) is 40.3 Å². The Morgan fingerprint density at radius 3 is 2.89 bits per heavy atom. The fraction of sp³-hybridized carbons (Fsp3) is 0.667. The molecule has 0 saturated heterocycles. The summed E-state index contributed by atoms with van der Waals surface area (Å²) >= 11 is 0. The Morgan fingerprint density at radius 1 is 1.47 bits per heavy atom. The normalized spacial score (nSPS) is 20.2. The molecule has 1 aromatic rings. The number of aromatic nitrogens is 1. The minimum absolute atomic E-state index is 0.0463. The molecule has 0 radical (unpaired) electrons. The summed E-state index contributed by atoms with van der Waals surface area (Å²) in [6, 6.07) is 4.47. The highest BCUT2D eigenvalue weighted by Crippen LogP contribution is 2.28. The summed E-state index contributed by atoms with van der Waals surface area (Å²) in [5.41, 5.74) is 2.54. The lowest BCUT2D eigenvalue weighted by atomic mass is 10.1. The maximum Gasteiger partial charge on any atom is 0.227 e. The number of hydrogen-bond donors (Lipinski definition) is 1. The molecule has 0 aliphatic carbocycles. The number of nitrogens with one attached hydrogen (secondary N) is 1. The van der Waals surface area contributed by atoms with Crippen molar-refractivity contribution in [2.75, 3.05) is 19.6 Å². The number of aryl methyl sites for hydroxylation is 1. The molecule has 2 heterocycles. The van der Waals surface area contributed by atoms with E-state index in [0.717, 1.165) is 26.2 Å². The van der Waals surface area contributed by atoms with Gasteiger partial charge in [0.1, 0.15) is 0 Å². The van der Waals surface area contributed by atoms with E-state index < -0.39 is 0 Å². The predicted octanol–water partition coefficient (Wildman–Crippen LogP) is 1.95. The molecule has 4 nitrogen and oxygen atoms in total. The topological polar surface area (TPSA) is 37.3 Å². The molecule has 0 bridgehead atoms. The molecular formula is C15H25N3O. The minimum Gasteiger partial charge on any atom is -0.345 e. The summed E-state index contributed by atoms with van der Waals surface area (Å²) in [5, 5.41) is 3.25.